The third kappa shape index (κ3) is 2.17. The number of rotatable bonds is 4. The summed E-state index contributed by atoms with van der Waals surface area (Å²) in [5.74, 6) is -1.60. The lowest BCUT2D eigenvalue weighted by Crippen LogP contribution is -2.45. The van der Waals surface area contributed by atoms with Crippen molar-refractivity contribution in [2.45, 2.75) is 19.4 Å². The number of carboxylic acids is 1. The first-order valence-electron chi connectivity index (χ1n) is 5.94. The molecule has 1 aromatic carbocycles. The summed E-state index contributed by atoms with van der Waals surface area (Å²) in [6.45, 7) is 3.28. The predicted octanol–water partition coefficient (Wildman–Crippen LogP) is 2.48. The second-order valence-electron chi connectivity index (χ2n) is 4.67. The molecule has 0 aliphatic carbocycles. The van der Waals surface area contributed by atoms with E-state index in [0.29, 0.717) is 5.56 Å². The highest BCUT2D eigenvalue weighted by Gasteiger charge is 2.43. The van der Waals surface area contributed by atoms with E-state index in [4.69, 9.17) is 0 Å². The molecule has 0 saturated carbocycles. The van der Waals surface area contributed by atoms with Gasteiger partial charge in [0.25, 0.3) is 0 Å². The Morgan fingerprint density at radius 1 is 1.16 bits per heavy atom. The van der Waals surface area contributed by atoms with Gasteiger partial charge in [-0.3, -0.25) is 4.79 Å². The van der Waals surface area contributed by atoms with Crippen LogP contribution in [0, 0.1) is 6.92 Å². The maximum atomic E-state index is 12.6. The summed E-state index contributed by atoms with van der Waals surface area (Å²) in [6.07, 6.45) is 3.17. The van der Waals surface area contributed by atoms with Crippen LogP contribution in [-0.2, 0) is 10.3 Å². The molecule has 1 unspecified atom stereocenters. The zero-order valence-electron chi connectivity index (χ0n) is 10.8. The van der Waals surface area contributed by atoms with Crippen LogP contribution in [0.2, 0.25) is 0 Å². The number of aryl methyl sites for hydroxylation is 1. The van der Waals surface area contributed by atoms with E-state index in [1.165, 1.54) is 11.5 Å². The predicted molar refractivity (Wildman–Crippen MR) is 71.2 cm³/mol. The Labute approximate surface area is 111 Å². The number of carbonyl (C=O) groups is 2. The SMILES string of the molecule is Cc1cccc(C(=O)C(C)(C(=O)O)n2cccc2)c1. The van der Waals surface area contributed by atoms with Crippen molar-refractivity contribution in [2.75, 3.05) is 0 Å². The minimum atomic E-state index is -1.63. The monoisotopic (exact) mass is 257 g/mol. The maximum Gasteiger partial charge on any atom is 0.337 e. The molecule has 0 bridgehead atoms. The van der Waals surface area contributed by atoms with Crippen molar-refractivity contribution in [3.8, 4) is 0 Å². The van der Waals surface area contributed by atoms with Crippen LogP contribution in [0.3, 0.4) is 0 Å². The van der Waals surface area contributed by atoms with Crippen LogP contribution in [0.1, 0.15) is 22.8 Å². The van der Waals surface area contributed by atoms with Gasteiger partial charge in [0.2, 0.25) is 5.54 Å². The number of benzene rings is 1. The molecule has 0 aliphatic rings. The molecule has 1 atom stereocenters. The third-order valence-corrected chi connectivity index (χ3v) is 3.26. The molecule has 0 radical (unpaired) electrons. The Morgan fingerprint density at radius 2 is 1.79 bits per heavy atom. The number of hydrogen-bond donors (Lipinski definition) is 1. The van der Waals surface area contributed by atoms with E-state index in [1.54, 1.807) is 42.7 Å². The minimum Gasteiger partial charge on any atom is -0.479 e. The summed E-state index contributed by atoms with van der Waals surface area (Å²) < 4.78 is 1.42. The summed E-state index contributed by atoms with van der Waals surface area (Å²) in [5, 5.41) is 9.46. The lowest BCUT2D eigenvalue weighted by Gasteiger charge is -2.25. The van der Waals surface area contributed by atoms with Crippen LogP contribution in [0.15, 0.2) is 48.8 Å². The van der Waals surface area contributed by atoms with Crippen molar-refractivity contribution in [3.05, 3.63) is 59.9 Å². The van der Waals surface area contributed by atoms with Gasteiger partial charge in [0.15, 0.2) is 5.78 Å². The van der Waals surface area contributed by atoms with Gasteiger partial charge in [0, 0.05) is 18.0 Å². The lowest BCUT2D eigenvalue weighted by molar-refractivity contribution is -0.144. The average molecular weight is 257 g/mol. The van der Waals surface area contributed by atoms with Gasteiger partial charge in [0.1, 0.15) is 0 Å². The number of carboxylic acid groups (broad SMARTS) is 1. The first kappa shape index (κ1) is 13.1. The molecule has 0 aliphatic heterocycles. The van der Waals surface area contributed by atoms with E-state index in [1.807, 2.05) is 13.0 Å². The molecule has 1 N–H and O–H groups in total. The Kier molecular flexibility index (Phi) is 3.25. The van der Waals surface area contributed by atoms with Gasteiger partial charge in [-0.05, 0) is 32.0 Å². The Balaban J connectivity index is 2.52. The average Bonchev–Trinajstić information content (AvgIpc) is 2.90. The first-order valence-corrected chi connectivity index (χ1v) is 5.94. The summed E-state index contributed by atoms with van der Waals surface area (Å²) >= 11 is 0. The van der Waals surface area contributed by atoms with Crippen LogP contribution in [0.4, 0.5) is 0 Å². The van der Waals surface area contributed by atoms with Crippen molar-refractivity contribution >= 4 is 11.8 Å². The minimum absolute atomic E-state index is 0.401. The maximum absolute atomic E-state index is 12.6. The highest BCUT2D eigenvalue weighted by Crippen LogP contribution is 2.23. The van der Waals surface area contributed by atoms with Crippen LogP contribution in [0.5, 0.6) is 0 Å². The molecule has 4 nitrogen and oxygen atoms in total. The number of hydrogen-bond acceptors (Lipinski definition) is 2. The summed E-state index contributed by atoms with van der Waals surface area (Å²) in [5.41, 5.74) is -0.304. The highest BCUT2D eigenvalue weighted by molar-refractivity contribution is 6.13. The van der Waals surface area contributed by atoms with Crippen molar-refractivity contribution in [1.29, 1.82) is 0 Å². The third-order valence-electron chi connectivity index (χ3n) is 3.26. The standard InChI is InChI=1S/C15H15NO3/c1-11-6-5-7-12(10-11)13(17)15(2,14(18)19)16-8-3-4-9-16/h3-10H,1-2H3,(H,18,19). The van der Waals surface area contributed by atoms with Gasteiger partial charge in [-0.25, -0.2) is 4.79 Å². The number of Topliss-reactive ketones (excluding diaryl/α,β-unsaturated/α-hetero) is 1. The number of ketones is 1. The van der Waals surface area contributed by atoms with Crippen LogP contribution in [-0.4, -0.2) is 21.4 Å². The van der Waals surface area contributed by atoms with Gasteiger partial charge >= 0.3 is 5.97 Å². The van der Waals surface area contributed by atoms with Gasteiger partial charge in [0.05, 0.1) is 0 Å². The van der Waals surface area contributed by atoms with Gasteiger partial charge in [-0.2, -0.15) is 0 Å². The fourth-order valence-electron chi connectivity index (χ4n) is 2.02. The molecule has 19 heavy (non-hydrogen) atoms. The highest BCUT2D eigenvalue weighted by atomic mass is 16.4. The zero-order chi connectivity index (χ0) is 14.0. The van der Waals surface area contributed by atoms with E-state index in [2.05, 4.69) is 0 Å². The first-order chi connectivity index (χ1) is 8.96. The van der Waals surface area contributed by atoms with Gasteiger partial charge < -0.3 is 9.67 Å². The molecule has 1 aromatic heterocycles. The van der Waals surface area contributed by atoms with Crippen LogP contribution >= 0.6 is 0 Å². The molecule has 4 heteroatoms. The number of aromatic nitrogens is 1. The molecule has 98 valence electrons. The molecule has 0 saturated heterocycles. The van der Waals surface area contributed by atoms with Crippen LogP contribution < -0.4 is 0 Å². The summed E-state index contributed by atoms with van der Waals surface area (Å²) in [4.78, 5) is 24.1. The molecular formula is C15H15NO3. The zero-order valence-corrected chi connectivity index (χ0v) is 10.8. The second-order valence-corrected chi connectivity index (χ2v) is 4.67. The summed E-state index contributed by atoms with van der Waals surface area (Å²) in [7, 11) is 0. The molecule has 0 amide bonds. The number of carbonyl (C=O) groups excluding carboxylic acids is 1. The fraction of sp³-hybridized carbons (Fsp3) is 0.200. The summed E-state index contributed by atoms with van der Waals surface area (Å²) in [6, 6.07) is 10.4. The largest absolute Gasteiger partial charge is 0.479 e. The van der Waals surface area contributed by atoms with E-state index in [0.717, 1.165) is 5.56 Å². The molecule has 0 spiro atoms. The molecule has 2 aromatic rings. The quantitative estimate of drug-likeness (QED) is 0.676. The van der Waals surface area contributed by atoms with Crippen molar-refractivity contribution in [2.24, 2.45) is 0 Å². The Bertz CT molecular complexity index is 616. The number of nitrogens with zero attached hydrogens (tertiary/aromatic N) is 1. The van der Waals surface area contributed by atoms with Crippen LogP contribution in [0.25, 0.3) is 0 Å². The van der Waals surface area contributed by atoms with E-state index >= 15 is 0 Å². The van der Waals surface area contributed by atoms with Gasteiger partial charge in [-0.1, -0.05) is 23.8 Å². The Morgan fingerprint density at radius 3 is 2.32 bits per heavy atom. The van der Waals surface area contributed by atoms with E-state index in [9.17, 15) is 14.7 Å². The molecule has 1 heterocycles. The smallest absolute Gasteiger partial charge is 0.337 e. The molecule has 2 rings (SSSR count). The normalized spacial score (nSPS) is 13.8. The van der Waals surface area contributed by atoms with Crippen molar-refractivity contribution < 1.29 is 14.7 Å². The fourth-order valence-corrected chi connectivity index (χ4v) is 2.02. The Hall–Kier alpha value is -2.36. The van der Waals surface area contributed by atoms with Crippen molar-refractivity contribution in [3.63, 3.8) is 0 Å². The van der Waals surface area contributed by atoms with Gasteiger partial charge in [-0.15, -0.1) is 0 Å². The van der Waals surface area contributed by atoms with Crippen molar-refractivity contribution in [1.82, 2.24) is 4.57 Å². The molecular weight excluding hydrogens is 242 g/mol. The lowest BCUT2D eigenvalue weighted by atomic mass is 9.90. The topological polar surface area (TPSA) is 59.3 Å². The second kappa shape index (κ2) is 4.72. The van der Waals surface area contributed by atoms with E-state index < -0.39 is 17.3 Å². The number of aliphatic carboxylic acids is 1. The molecule has 0 fully saturated rings. The van der Waals surface area contributed by atoms with E-state index in [-0.39, 0.29) is 0 Å².